The molecule has 0 aliphatic carbocycles. The molecule has 0 spiro atoms. The minimum Gasteiger partial charge on any atom is -0.512 e. The molecule has 155 valence electrons. The van der Waals surface area contributed by atoms with Gasteiger partial charge < -0.3 is 10.1 Å². The molecule has 0 saturated heterocycles. The molecule has 0 unspecified atom stereocenters. The Balaban J connectivity index is 0.000000786. The Hall–Kier alpha value is -2.19. The summed E-state index contributed by atoms with van der Waals surface area (Å²) >= 11 is 0. The molecule has 1 aromatic carbocycles. The number of hydrogen-bond acceptors (Lipinski definition) is 3. The number of aromatic nitrogens is 1. The van der Waals surface area contributed by atoms with E-state index >= 15 is 0 Å². The van der Waals surface area contributed by atoms with E-state index < -0.39 is 23.5 Å². The van der Waals surface area contributed by atoms with Gasteiger partial charge in [0.2, 0.25) is 0 Å². The normalized spacial score (nSPS) is 11.8. The summed E-state index contributed by atoms with van der Waals surface area (Å²) in [4.78, 5) is 13.7. The van der Waals surface area contributed by atoms with Crippen LogP contribution in [0, 0.1) is 6.07 Å². The maximum absolute atomic E-state index is 12.7. The predicted octanol–water partition coefficient (Wildman–Crippen LogP) is 5.62. The van der Waals surface area contributed by atoms with E-state index in [4.69, 9.17) is 5.11 Å². The Morgan fingerprint density at radius 1 is 1.07 bits per heavy atom. The smallest absolute Gasteiger partial charge is 0.399 e. The van der Waals surface area contributed by atoms with Crippen molar-refractivity contribution in [3.05, 3.63) is 65.6 Å². The van der Waals surface area contributed by atoms with E-state index in [2.05, 4.69) is 4.98 Å². The van der Waals surface area contributed by atoms with Gasteiger partial charge >= 0.3 is 12.4 Å². The van der Waals surface area contributed by atoms with Crippen molar-refractivity contribution in [2.45, 2.75) is 26.2 Å². The van der Waals surface area contributed by atoms with Gasteiger partial charge in [-0.15, -0.1) is 23.8 Å². The van der Waals surface area contributed by atoms with Crippen LogP contribution in [0.3, 0.4) is 0 Å². The van der Waals surface area contributed by atoms with Crippen LogP contribution in [-0.2, 0) is 37.3 Å². The molecule has 3 nitrogen and oxygen atoms in total. The second-order valence-corrected chi connectivity index (χ2v) is 5.30. The van der Waals surface area contributed by atoms with Crippen LogP contribution in [0.25, 0.3) is 11.3 Å². The van der Waals surface area contributed by atoms with Crippen molar-refractivity contribution in [2.75, 3.05) is 0 Å². The second-order valence-electron chi connectivity index (χ2n) is 5.30. The number of carbonyl (C=O) groups is 1. The summed E-state index contributed by atoms with van der Waals surface area (Å²) in [6.45, 7) is 2.85. The van der Waals surface area contributed by atoms with E-state index in [1.165, 1.54) is 44.3 Å². The first kappa shape index (κ1) is 25.8. The number of pyridine rings is 1. The van der Waals surface area contributed by atoms with Crippen LogP contribution >= 0.6 is 0 Å². The first-order valence-electron chi connectivity index (χ1n) is 7.31. The van der Waals surface area contributed by atoms with Gasteiger partial charge in [0.15, 0.2) is 5.78 Å². The zero-order valence-corrected chi connectivity index (χ0v) is 16.8. The first-order valence-corrected chi connectivity index (χ1v) is 7.31. The van der Waals surface area contributed by atoms with Crippen LogP contribution in [0.15, 0.2) is 48.4 Å². The van der Waals surface area contributed by atoms with Gasteiger partial charge in [-0.05, 0) is 36.7 Å². The Bertz CT molecular complexity index is 781. The maximum atomic E-state index is 12.7. The number of allylic oxidation sites excluding steroid dienone is 2. The fraction of sp³-hybridized carbons (Fsp3) is 0.222. The van der Waals surface area contributed by atoms with Crippen molar-refractivity contribution in [3.63, 3.8) is 0 Å². The quantitative estimate of drug-likeness (QED) is 0.217. The number of alkyl halides is 6. The molecule has 0 fully saturated rings. The topological polar surface area (TPSA) is 50.2 Å². The van der Waals surface area contributed by atoms with Gasteiger partial charge in [-0.3, -0.25) is 4.79 Å². The molecule has 0 saturated carbocycles. The predicted molar refractivity (Wildman–Crippen MR) is 85.6 cm³/mol. The summed E-state index contributed by atoms with van der Waals surface area (Å²) in [5.41, 5.74) is -3.23. The molecule has 0 atom stereocenters. The zero-order chi connectivity index (χ0) is 20.8. The number of aliphatic hydroxyl groups excluding tert-OH is 1. The minimum atomic E-state index is -4.91. The largest absolute Gasteiger partial charge is 0.512 e. The number of halogens is 6. The van der Waals surface area contributed by atoms with E-state index in [0.29, 0.717) is 6.07 Å². The average Bonchev–Trinajstić information content (AvgIpc) is 2.53. The van der Waals surface area contributed by atoms with Gasteiger partial charge in [-0.1, -0.05) is 12.1 Å². The van der Waals surface area contributed by atoms with E-state index in [1.807, 2.05) is 6.07 Å². The fourth-order valence-electron chi connectivity index (χ4n) is 1.84. The first-order chi connectivity index (χ1) is 12.3. The van der Waals surface area contributed by atoms with Crippen molar-refractivity contribution in [1.29, 1.82) is 0 Å². The standard InChI is InChI=1S/C13H6F6N.C5H8O2.Ir/c14-12(15,16)9-5-8(11-3-1-2-4-20-11)6-10(7-9)13(17,18)19;1-4(6)3-5(2)7;/h1-5,7H;3,6H,1-2H3;/q-1;;. The van der Waals surface area contributed by atoms with Crippen molar-refractivity contribution in [1.82, 2.24) is 4.98 Å². The van der Waals surface area contributed by atoms with Crippen molar-refractivity contribution in [2.24, 2.45) is 0 Å². The molecule has 1 radical (unpaired) electrons. The Morgan fingerprint density at radius 2 is 1.68 bits per heavy atom. The molecule has 1 aromatic heterocycles. The summed E-state index contributed by atoms with van der Waals surface area (Å²) in [6, 6.07) is 6.83. The summed E-state index contributed by atoms with van der Waals surface area (Å²) < 4.78 is 75.8. The second kappa shape index (κ2) is 10.4. The molecule has 1 heterocycles. The molecular formula is C18H14F6IrNO2-. The Kier molecular flexibility index (Phi) is 9.57. The molecule has 0 amide bonds. The molecule has 2 rings (SSSR count). The molecule has 0 aliphatic heterocycles. The van der Waals surface area contributed by atoms with Gasteiger partial charge in [0.05, 0.1) is 5.76 Å². The Morgan fingerprint density at radius 3 is 2.04 bits per heavy atom. The zero-order valence-electron chi connectivity index (χ0n) is 14.4. The monoisotopic (exact) mass is 583 g/mol. The summed E-state index contributed by atoms with van der Waals surface area (Å²) in [5.74, 6) is -0.0625. The van der Waals surface area contributed by atoms with Crippen LogP contribution in [-0.4, -0.2) is 15.9 Å². The van der Waals surface area contributed by atoms with Crippen molar-refractivity contribution in [3.8, 4) is 11.3 Å². The van der Waals surface area contributed by atoms with Crippen LogP contribution in [0.2, 0.25) is 0 Å². The number of nitrogens with zero attached hydrogens (tertiary/aromatic N) is 1. The number of benzene rings is 1. The van der Waals surface area contributed by atoms with Crippen molar-refractivity contribution >= 4 is 5.78 Å². The molecule has 28 heavy (non-hydrogen) atoms. The van der Waals surface area contributed by atoms with Crippen LogP contribution in [0.4, 0.5) is 26.3 Å². The van der Waals surface area contributed by atoms with Gasteiger partial charge in [-0.2, -0.15) is 26.3 Å². The third kappa shape index (κ3) is 8.67. The number of carbonyl (C=O) groups excluding carboxylic acids is 1. The van der Waals surface area contributed by atoms with E-state index in [0.717, 1.165) is 0 Å². The third-order valence-electron chi connectivity index (χ3n) is 2.85. The maximum Gasteiger partial charge on any atom is 0.399 e. The van der Waals surface area contributed by atoms with E-state index in [1.54, 1.807) is 0 Å². The van der Waals surface area contributed by atoms with Gasteiger partial charge in [-0.25, -0.2) is 0 Å². The molecule has 2 aromatic rings. The third-order valence-corrected chi connectivity index (χ3v) is 2.85. The fourth-order valence-corrected chi connectivity index (χ4v) is 1.84. The van der Waals surface area contributed by atoms with Crippen LogP contribution < -0.4 is 0 Å². The Labute approximate surface area is 170 Å². The number of rotatable bonds is 2. The molecule has 10 heteroatoms. The van der Waals surface area contributed by atoms with Crippen LogP contribution in [0.1, 0.15) is 25.0 Å². The average molecular weight is 583 g/mol. The minimum absolute atomic E-state index is 0. The molecule has 0 bridgehead atoms. The number of hydrogen-bond donors (Lipinski definition) is 1. The SMILES string of the molecule is CC(=O)C=C(C)O.FC(F)(F)c1[c-]c(-c2ccccn2)cc(C(F)(F)F)c1.[Ir]. The molecule has 1 N–H and O–H groups in total. The summed E-state index contributed by atoms with van der Waals surface area (Å²) in [5, 5.41) is 8.36. The molecular weight excluding hydrogens is 568 g/mol. The van der Waals surface area contributed by atoms with E-state index in [9.17, 15) is 31.1 Å². The van der Waals surface area contributed by atoms with Gasteiger partial charge in [0.25, 0.3) is 0 Å². The van der Waals surface area contributed by atoms with E-state index in [-0.39, 0.29) is 49.0 Å². The van der Waals surface area contributed by atoms with Gasteiger partial charge in [0.1, 0.15) is 0 Å². The number of aliphatic hydroxyl groups is 1. The summed E-state index contributed by atoms with van der Waals surface area (Å²) in [7, 11) is 0. The molecule has 0 aliphatic rings. The van der Waals surface area contributed by atoms with Crippen molar-refractivity contribution < 1.29 is 56.3 Å². The van der Waals surface area contributed by atoms with Gasteiger partial charge in [0, 0.05) is 32.4 Å². The van der Waals surface area contributed by atoms with Crippen LogP contribution in [0.5, 0.6) is 0 Å². The summed E-state index contributed by atoms with van der Waals surface area (Å²) in [6.07, 6.45) is -7.35. The number of ketones is 1.